The standard InChI is InChI=1S/C16H23N3O/c1-20-15(12-5-6-12)10-18-16(17)19-14-8-7-11-3-2-4-13(11)9-14/h7-9,12,15H,2-6,10H2,1H3,(H3,17,18,19). The Hall–Kier alpha value is -1.55. The number of hydrogen-bond donors (Lipinski definition) is 2. The third-order valence-corrected chi connectivity index (χ3v) is 4.26. The Labute approximate surface area is 120 Å². The van der Waals surface area contributed by atoms with Crippen LogP contribution < -0.4 is 11.1 Å². The molecule has 1 atom stereocenters. The van der Waals surface area contributed by atoms with Crippen LogP contribution in [0.15, 0.2) is 23.2 Å². The number of benzene rings is 1. The van der Waals surface area contributed by atoms with Gasteiger partial charge in [0.05, 0.1) is 12.6 Å². The number of rotatable bonds is 5. The highest BCUT2D eigenvalue weighted by atomic mass is 16.5. The van der Waals surface area contributed by atoms with E-state index in [0.29, 0.717) is 18.4 Å². The van der Waals surface area contributed by atoms with Gasteiger partial charge in [-0.05, 0) is 61.3 Å². The zero-order chi connectivity index (χ0) is 13.9. The number of aryl methyl sites for hydroxylation is 2. The van der Waals surface area contributed by atoms with E-state index in [9.17, 15) is 0 Å². The Morgan fingerprint density at radius 3 is 2.95 bits per heavy atom. The van der Waals surface area contributed by atoms with E-state index in [-0.39, 0.29) is 6.10 Å². The predicted molar refractivity (Wildman–Crippen MR) is 82.1 cm³/mol. The van der Waals surface area contributed by atoms with Gasteiger partial charge in [0.15, 0.2) is 5.96 Å². The Morgan fingerprint density at radius 1 is 1.40 bits per heavy atom. The molecule has 1 saturated carbocycles. The van der Waals surface area contributed by atoms with Gasteiger partial charge in [0, 0.05) is 12.8 Å². The van der Waals surface area contributed by atoms with Crippen molar-refractivity contribution in [3.05, 3.63) is 29.3 Å². The maximum Gasteiger partial charge on any atom is 0.193 e. The summed E-state index contributed by atoms with van der Waals surface area (Å²) in [4.78, 5) is 4.40. The minimum Gasteiger partial charge on any atom is -0.379 e. The van der Waals surface area contributed by atoms with Crippen LogP contribution in [-0.2, 0) is 17.6 Å². The lowest BCUT2D eigenvalue weighted by Gasteiger charge is -2.12. The molecule has 1 unspecified atom stereocenters. The molecule has 3 rings (SSSR count). The first-order valence-corrected chi connectivity index (χ1v) is 7.48. The van der Waals surface area contributed by atoms with Crippen molar-refractivity contribution >= 4 is 11.6 Å². The van der Waals surface area contributed by atoms with E-state index in [1.54, 1.807) is 7.11 Å². The van der Waals surface area contributed by atoms with Crippen LogP contribution in [0.1, 0.15) is 30.4 Å². The summed E-state index contributed by atoms with van der Waals surface area (Å²) >= 11 is 0. The molecule has 20 heavy (non-hydrogen) atoms. The van der Waals surface area contributed by atoms with E-state index < -0.39 is 0 Å². The second kappa shape index (κ2) is 5.83. The first kappa shape index (κ1) is 13.4. The van der Waals surface area contributed by atoms with Crippen molar-refractivity contribution in [2.24, 2.45) is 16.6 Å². The van der Waals surface area contributed by atoms with E-state index in [1.807, 2.05) is 0 Å². The smallest absolute Gasteiger partial charge is 0.193 e. The van der Waals surface area contributed by atoms with E-state index >= 15 is 0 Å². The van der Waals surface area contributed by atoms with Crippen molar-refractivity contribution in [3.8, 4) is 0 Å². The molecule has 0 aliphatic heterocycles. The second-order valence-corrected chi connectivity index (χ2v) is 5.80. The van der Waals surface area contributed by atoms with Gasteiger partial charge < -0.3 is 15.8 Å². The van der Waals surface area contributed by atoms with Crippen molar-refractivity contribution < 1.29 is 4.74 Å². The van der Waals surface area contributed by atoms with Crippen molar-refractivity contribution in [1.82, 2.24) is 0 Å². The van der Waals surface area contributed by atoms with Gasteiger partial charge in [-0.15, -0.1) is 0 Å². The summed E-state index contributed by atoms with van der Waals surface area (Å²) in [6, 6.07) is 6.47. The molecule has 4 heteroatoms. The van der Waals surface area contributed by atoms with Gasteiger partial charge in [-0.1, -0.05) is 6.07 Å². The van der Waals surface area contributed by atoms with E-state index in [1.165, 1.54) is 43.2 Å². The topological polar surface area (TPSA) is 59.6 Å². The predicted octanol–water partition coefficient (Wildman–Crippen LogP) is 2.33. The van der Waals surface area contributed by atoms with Crippen molar-refractivity contribution in [2.75, 3.05) is 19.0 Å². The van der Waals surface area contributed by atoms with Crippen molar-refractivity contribution in [2.45, 2.75) is 38.2 Å². The number of nitrogens with two attached hydrogens (primary N) is 1. The molecule has 1 aromatic rings. The highest BCUT2D eigenvalue weighted by Gasteiger charge is 2.30. The maximum atomic E-state index is 5.96. The number of ether oxygens (including phenoxy) is 1. The van der Waals surface area contributed by atoms with Crippen LogP contribution in [0, 0.1) is 5.92 Å². The van der Waals surface area contributed by atoms with Crippen LogP contribution in [0.2, 0.25) is 0 Å². The third-order valence-electron chi connectivity index (χ3n) is 4.26. The van der Waals surface area contributed by atoms with Gasteiger partial charge in [-0.3, -0.25) is 4.99 Å². The summed E-state index contributed by atoms with van der Waals surface area (Å²) in [5.41, 5.74) is 9.90. The molecule has 0 bridgehead atoms. The highest BCUT2D eigenvalue weighted by molar-refractivity contribution is 5.92. The zero-order valence-corrected chi connectivity index (χ0v) is 12.1. The quantitative estimate of drug-likeness (QED) is 0.639. The highest BCUT2D eigenvalue weighted by Crippen LogP contribution is 2.34. The molecule has 0 radical (unpaired) electrons. The molecule has 0 saturated heterocycles. The molecule has 2 aliphatic rings. The number of anilines is 1. The molecule has 108 valence electrons. The summed E-state index contributed by atoms with van der Waals surface area (Å²) in [5.74, 6) is 1.15. The van der Waals surface area contributed by atoms with Gasteiger partial charge in [-0.2, -0.15) is 0 Å². The molecular formula is C16H23N3O. The number of nitrogens with one attached hydrogen (secondary N) is 1. The molecule has 1 fully saturated rings. The van der Waals surface area contributed by atoms with Crippen LogP contribution in [0.5, 0.6) is 0 Å². The second-order valence-electron chi connectivity index (χ2n) is 5.80. The largest absolute Gasteiger partial charge is 0.379 e. The maximum absolute atomic E-state index is 5.96. The summed E-state index contributed by atoms with van der Waals surface area (Å²) < 4.78 is 5.44. The molecule has 4 nitrogen and oxygen atoms in total. The number of fused-ring (bicyclic) bond motifs is 1. The normalized spacial score (nSPS) is 19.8. The summed E-state index contributed by atoms with van der Waals surface area (Å²) in [6.07, 6.45) is 6.37. The molecule has 3 N–H and O–H groups in total. The number of hydrogen-bond acceptors (Lipinski definition) is 2. The minimum atomic E-state index is 0.218. The minimum absolute atomic E-state index is 0.218. The Kier molecular flexibility index (Phi) is 3.92. The average Bonchev–Trinajstić information content (AvgIpc) is 3.17. The van der Waals surface area contributed by atoms with E-state index in [2.05, 4.69) is 28.5 Å². The lowest BCUT2D eigenvalue weighted by Crippen LogP contribution is -2.26. The first-order chi connectivity index (χ1) is 9.76. The van der Waals surface area contributed by atoms with Gasteiger partial charge in [0.25, 0.3) is 0 Å². The molecule has 0 spiro atoms. The van der Waals surface area contributed by atoms with E-state index in [4.69, 9.17) is 10.5 Å². The van der Waals surface area contributed by atoms with Gasteiger partial charge in [0.2, 0.25) is 0 Å². The monoisotopic (exact) mass is 273 g/mol. The zero-order valence-electron chi connectivity index (χ0n) is 12.1. The fourth-order valence-corrected chi connectivity index (χ4v) is 2.91. The Balaban J connectivity index is 1.58. The van der Waals surface area contributed by atoms with Gasteiger partial charge in [-0.25, -0.2) is 0 Å². The molecule has 1 aromatic carbocycles. The van der Waals surface area contributed by atoms with Gasteiger partial charge in [0.1, 0.15) is 0 Å². The first-order valence-electron chi connectivity index (χ1n) is 7.48. The Morgan fingerprint density at radius 2 is 2.20 bits per heavy atom. The van der Waals surface area contributed by atoms with Crippen LogP contribution in [0.3, 0.4) is 0 Å². The molecule has 2 aliphatic carbocycles. The fourth-order valence-electron chi connectivity index (χ4n) is 2.91. The van der Waals surface area contributed by atoms with Crippen LogP contribution in [-0.4, -0.2) is 25.7 Å². The van der Waals surface area contributed by atoms with Crippen molar-refractivity contribution in [3.63, 3.8) is 0 Å². The number of methoxy groups -OCH3 is 1. The molecular weight excluding hydrogens is 250 g/mol. The van der Waals surface area contributed by atoms with Crippen LogP contribution in [0.25, 0.3) is 0 Å². The third kappa shape index (κ3) is 3.12. The summed E-state index contributed by atoms with van der Waals surface area (Å²) in [6.45, 7) is 0.644. The summed E-state index contributed by atoms with van der Waals surface area (Å²) in [7, 11) is 1.75. The molecule has 0 heterocycles. The SMILES string of the molecule is COC(CN=C(N)Nc1ccc2c(c1)CCC2)C1CC1. The van der Waals surface area contributed by atoms with Crippen LogP contribution in [0.4, 0.5) is 5.69 Å². The molecule has 0 amide bonds. The van der Waals surface area contributed by atoms with Gasteiger partial charge >= 0.3 is 0 Å². The lowest BCUT2D eigenvalue weighted by molar-refractivity contribution is 0.0919. The average molecular weight is 273 g/mol. The van der Waals surface area contributed by atoms with Crippen molar-refractivity contribution in [1.29, 1.82) is 0 Å². The number of guanidine groups is 1. The Bertz CT molecular complexity index is 508. The van der Waals surface area contributed by atoms with Crippen LogP contribution >= 0.6 is 0 Å². The summed E-state index contributed by atoms with van der Waals surface area (Å²) in [5, 5.41) is 3.18. The number of nitrogens with zero attached hydrogens (tertiary/aromatic N) is 1. The van der Waals surface area contributed by atoms with E-state index in [0.717, 1.165) is 5.69 Å². The molecule has 0 aromatic heterocycles. The fraction of sp³-hybridized carbons (Fsp3) is 0.562. The number of aliphatic imine (C=N–C) groups is 1. The lowest BCUT2D eigenvalue weighted by atomic mass is 10.1.